The van der Waals surface area contributed by atoms with Gasteiger partial charge in [-0.2, -0.15) is 4.31 Å². The second kappa shape index (κ2) is 9.23. The van der Waals surface area contributed by atoms with Gasteiger partial charge in [0, 0.05) is 18.2 Å². The van der Waals surface area contributed by atoms with Crippen LogP contribution in [0.2, 0.25) is 0 Å². The van der Waals surface area contributed by atoms with E-state index in [9.17, 15) is 18.0 Å². The van der Waals surface area contributed by atoms with Crippen LogP contribution < -0.4 is 10.6 Å². The number of nitrogens with zero attached hydrogens (tertiary/aromatic N) is 1. The van der Waals surface area contributed by atoms with Gasteiger partial charge in [-0.3, -0.25) is 9.59 Å². The lowest BCUT2D eigenvalue weighted by atomic mass is 10.1. The van der Waals surface area contributed by atoms with Crippen molar-refractivity contribution in [2.45, 2.75) is 43.7 Å². The minimum Gasteiger partial charge on any atom is -0.467 e. The number of sulfonamides is 1. The standard InChI is InChI=1S/C20H25N3O5S/c1-15-5-2-3-11-23(15)29(26,27)18-9-7-16(8-10-18)20(25)22-14-19(24)21-13-17-6-4-12-28-17/h4,6-10,12,15H,2-3,5,11,13-14H2,1H3,(H,21,24)(H,22,25)/t15-/m0/s1. The molecule has 9 heteroatoms. The Morgan fingerprint density at radius 2 is 1.90 bits per heavy atom. The Labute approximate surface area is 170 Å². The molecule has 0 unspecified atom stereocenters. The molecule has 1 atom stereocenters. The molecule has 3 rings (SSSR count). The summed E-state index contributed by atoms with van der Waals surface area (Å²) in [6.07, 6.45) is 4.24. The predicted molar refractivity (Wildman–Crippen MR) is 107 cm³/mol. The van der Waals surface area contributed by atoms with Crippen molar-refractivity contribution in [3.63, 3.8) is 0 Å². The van der Waals surface area contributed by atoms with E-state index in [1.165, 1.54) is 34.8 Å². The van der Waals surface area contributed by atoms with Crippen LogP contribution in [0.1, 0.15) is 42.3 Å². The van der Waals surface area contributed by atoms with E-state index in [-0.39, 0.29) is 35.5 Å². The number of carbonyl (C=O) groups excluding carboxylic acids is 2. The summed E-state index contributed by atoms with van der Waals surface area (Å²) in [5, 5.41) is 5.15. The van der Waals surface area contributed by atoms with E-state index in [0.29, 0.717) is 12.3 Å². The molecule has 1 aliphatic heterocycles. The maximum Gasteiger partial charge on any atom is 0.251 e. The first-order valence-electron chi connectivity index (χ1n) is 9.57. The van der Waals surface area contributed by atoms with Crippen LogP contribution in [-0.4, -0.2) is 43.7 Å². The summed E-state index contributed by atoms with van der Waals surface area (Å²) >= 11 is 0. The molecule has 0 spiro atoms. The average molecular weight is 420 g/mol. The van der Waals surface area contributed by atoms with E-state index in [1.54, 1.807) is 12.1 Å². The van der Waals surface area contributed by atoms with Crippen molar-refractivity contribution in [1.29, 1.82) is 0 Å². The quantitative estimate of drug-likeness (QED) is 0.712. The maximum atomic E-state index is 12.8. The predicted octanol–water partition coefficient (Wildman–Crippen LogP) is 1.89. The number of hydrogen-bond acceptors (Lipinski definition) is 5. The van der Waals surface area contributed by atoms with Crippen LogP contribution in [-0.2, 0) is 21.4 Å². The van der Waals surface area contributed by atoms with Gasteiger partial charge in [0.05, 0.1) is 24.2 Å². The Hall–Kier alpha value is -2.65. The van der Waals surface area contributed by atoms with E-state index in [1.807, 2.05) is 6.92 Å². The molecule has 1 fully saturated rings. The molecule has 1 saturated heterocycles. The Kier molecular flexibility index (Phi) is 6.71. The molecule has 0 bridgehead atoms. The number of amides is 2. The van der Waals surface area contributed by atoms with Gasteiger partial charge in [-0.25, -0.2) is 8.42 Å². The van der Waals surface area contributed by atoms with Crippen molar-refractivity contribution in [1.82, 2.24) is 14.9 Å². The van der Waals surface area contributed by atoms with Crippen LogP contribution in [0.3, 0.4) is 0 Å². The van der Waals surface area contributed by atoms with Crippen molar-refractivity contribution < 1.29 is 22.4 Å². The SMILES string of the molecule is C[C@H]1CCCCN1S(=O)(=O)c1ccc(C(=O)NCC(=O)NCc2ccco2)cc1. The summed E-state index contributed by atoms with van der Waals surface area (Å²) < 4.78 is 32.3. The number of piperidine rings is 1. The molecule has 1 aliphatic rings. The topological polar surface area (TPSA) is 109 Å². The summed E-state index contributed by atoms with van der Waals surface area (Å²) in [6, 6.07) is 9.20. The monoisotopic (exact) mass is 419 g/mol. The lowest BCUT2D eigenvalue weighted by Crippen LogP contribution is -2.41. The molecule has 1 aromatic heterocycles. The molecule has 0 radical (unpaired) electrons. The van der Waals surface area contributed by atoms with Gasteiger partial charge in [0.15, 0.2) is 0 Å². The summed E-state index contributed by atoms with van der Waals surface area (Å²) in [5.74, 6) is -0.189. The molecule has 0 saturated carbocycles. The first-order valence-corrected chi connectivity index (χ1v) is 11.0. The highest BCUT2D eigenvalue weighted by molar-refractivity contribution is 7.89. The smallest absolute Gasteiger partial charge is 0.251 e. The minimum absolute atomic E-state index is 0.0311. The lowest BCUT2D eigenvalue weighted by molar-refractivity contribution is -0.120. The van der Waals surface area contributed by atoms with Gasteiger partial charge in [-0.05, 0) is 56.2 Å². The van der Waals surface area contributed by atoms with E-state index >= 15 is 0 Å². The van der Waals surface area contributed by atoms with E-state index < -0.39 is 15.9 Å². The molecule has 29 heavy (non-hydrogen) atoms. The molecular weight excluding hydrogens is 394 g/mol. The van der Waals surface area contributed by atoms with Gasteiger partial charge in [-0.1, -0.05) is 6.42 Å². The highest BCUT2D eigenvalue weighted by atomic mass is 32.2. The maximum absolute atomic E-state index is 12.8. The number of rotatable bonds is 7. The molecule has 2 N–H and O–H groups in total. The first-order chi connectivity index (χ1) is 13.9. The van der Waals surface area contributed by atoms with Crippen LogP contribution >= 0.6 is 0 Å². The van der Waals surface area contributed by atoms with Crippen LogP contribution in [0.25, 0.3) is 0 Å². The highest BCUT2D eigenvalue weighted by Gasteiger charge is 2.30. The number of nitrogens with one attached hydrogen (secondary N) is 2. The van der Waals surface area contributed by atoms with Gasteiger partial charge >= 0.3 is 0 Å². The fraction of sp³-hybridized carbons (Fsp3) is 0.400. The van der Waals surface area contributed by atoms with Crippen LogP contribution in [0.15, 0.2) is 52.0 Å². The fourth-order valence-electron chi connectivity index (χ4n) is 3.27. The van der Waals surface area contributed by atoms with Gasteiger partial charge in [0.2, 0.25) is 15.9 Å². The third-order valence-corrected chi connectivity index (χ3v) is 6.94. The van der Waals surface area contributed by atoms with Crippen molar-refractivity contribution in [3.8, 4) is 0 Å². The third-order valence-electron chi connectivity index (χ3n) is 4.91. The zero-order chi connectivity index (χ0) is 20.9. The second-order valence-electron chi connectivity index (χ2n) is 7.02. The van der Waals surface area contributed by atoms with Gasteiger partial charge < -0.3 is 15.1 Å². The van der Waals surface area contributed by atoms with E-state index in [4.69, 9.17) is 4.42 Å². The van der Waals surface area contributed by atoms with Gasteiger partial charge in [0.25, 0.3) is 5.91 Å². The zero-order valence-corrected chi connectivity index (χ0v) is 17.1. The minimum atomic E-state index is -3.58. The van der Waals surface area contributed by atoms with Crippen LogP contribution in [0.4, 0.5) is 0 Å². The molecule has 1 aromatic carbocycles. The van der Waals surface area contributed by atoms with Gasteiger partial charge in [-0.15, -0.1) is 0 Å². The summed E-state index contributed by atoms with van der Waals surface area (Å²) in [4.78, 5) is 24.2. The third kappa shape index (κ3) is 5.24. The summed E-state index contributed by atoms with van der Waals surface area (Å²) in [7, 11) is -3.58. The van der Waals surface area contributed by atoms with Crippen molar-refractivity contribution in [2.24, 2.45) is 0 Å². The molecule has 2 aromatic rings. The average Bonchev–Trinajstić information content (AvgIpc) is 3.24. The van der Waals surface area contributed by atoms with Crippen molar-refractivity contribution in [3.05, 3.63) is 54.0 Å². The molecule has 2 heterocycles. The first kappa shape index (κ1) is 21.1. The van der Waals surface area contributed by atoms with Crippen LogP contribution in [0.5, 0.6) is 0 Å². The zero-order valence-electron chi connectivity index (χ0n) is 16.3. The van der Waals surface area contributed by atoms with Crippen LogP contribution in [0, 0.1) is 0 Å². The number of furan rings is 1. The number of carbonyl (C=O) groups is 2. The summed E-state index contributed by atoms with van der Waals surface area (Å²) in [6.45, 7) is 2.47. The molecule has 0 aliphatic carbocycles. The Balaban J connectivity index is 1.55. The number of hydrogen-bond donors (Lipinski definition) is 2. The fourth-order valence-corrected chi connectivity index (χ4v) is 4.97. The largest absolute Gasteiger partial charge is 0.467 e. The second-order valence-corrected chi connectivity index (χ2v) is 8.91. The van der Waals surface area contributed by atoms with Crippen molar-refractivity contribution >= 4 is 21.8 Å². The molecule has 2 amide bonds. The Morgan fingerprint density at radius 3 is 2.55 bits per heavy atom. The van der Waals surface area contributed by atoms with Crippen molar-refractivity contribution in [2.75, 3.05) is 13.1 Å². The highest BCUT2D eigenvalue weighted by Crippen LogP contribution is 2.25. The molecule has 8 nitrogen and oxygen atoms in total. The normalized spacial score (nSPS) is 17.6. The Morgan fingerprint density at radius 1 is 1.14 bits per heavy atom. The lowest BCUT2D eigenvalue weighted by Gasteiger charge is -2.32. The Bertz CT molecular complexity index is 939. The molecular formula is C20H25N3O5S. The summed E-state index contributed by atoms with van der Waals surface area (Å²) in [5.41, 5.74) is 0.287. The van der Waals surface area contributed by atoms with E-state index in [2.05, 4.69) is 10.6 Å². The molecule has 156 valence electrons. The number of benzene rings is 1. The van der Waals surface area contributed by atoms with E-state index in [0.717, 1.165) is 19.3 Å². The van der Waals surface area contributed by atoms with Gasteiger partial charge in [0.1, 0.15) is 5.76 Å².